The molecule has 14 nitrogen and oxygen atoms in total. The molecule has 2 fully saturated rings. The summed E-state index contributed by atoms with van der Waals surface area (Å²) in [7, 11) is 0. The van der Waals surface area contributed by atoms with E-state index in [2.05, 4.69) is 31.3 Å². The summed E-state index contributed by atoms with van der Waals surface area (Å²) >= 11 is 0. The lowest BCUT2D eigenvalue weighted by Crippen LogP contribution is -2.65. The highest BCUT2D eigenvalue weighted by Crippen LogP contribution is 2.30. The SMILES string of the molecule is CCC/C=C/CC/C=C/C(O)C(COC1OC(CO)C(OC2OC(CO)C(O)C(O)C2O)C(O)C1O)NC(=O)CCCCCCCCCCCCCCCCCCC. The molecule has 2 saturated heterocycles. The molecular weight excluding hydrogens is 750 g/mol. The number of amides is 1. The molecule has 2 rings (SSSR count). The van der Waals surface area contributed by atoms with Gasteiger partial charge >= 0.3 is 0 Å². The normalized spacial score (nSPS) is 29.0. The van der Waals surface area contributed by atoms with Crippen molar-refractivity contribution in [2.24, 2.45) is 0 Å². The maximum absolute atomic E-state index is 13.0. The molecule has 0 aromatic carbocycles. The maximum Gasteiger partial charge on any atom is 0.220 e. The van der Waals surface area contributed by atoms with E-state index in [-0.39, 0.29) is 18.9 Å². The van der Waals surface area contributed by atoms with Crippen LogP contribution >= 0.6 is 0 Å². The minimum Gasteiger partial charge on any atom is -0.394 e. The minimum absolute atomic E-state index is 0.254. The van der Waals surface area contributed by atoms with Crippen molar-refractivity contribution in [1.82, 2.24) is 5.32 Å². The number of carbonyl (C=O) groups excluding carboxylic acids is 1. The number of aliphatic hydroxyl groups excluding tert-OH is 8. The second-order valence-electron chi connectivity index (χ2n) is 16.2. The molecule has 58 heavy (non-hydrogen) atoms. The van der Waals surface area contributed by atoms with Crippen LogP contribution in [0.1, 0.15) is 155 Å². The third kappa shape index (κ3) is 20.4. The van der Waals surface area contributed by atoms with Gasteiger partial charge in [-0.3, -0.25) is 4.79 Å². The standard InChI is InChI=1S/C44H81NO13/c1-3-5-7-9-11-12-13-14-15-16-17-18-19-20-22-24-26-28-36(49)45-32(33(48)27-25-23-21-10-8-6-4-2)31-55-43-41(54)39(52)42(35(30-47)57-43)58-44-40(53)38(51)37(50)34(29-46)56-44/h8,10,25,27,32-35,37-44,46-48,50-54H,3-7,9,11-24,26,28-31H2,1-2H3,(H,45,49)/b10-8+,27-25+. The van der Waals surface area contributed by atoms with Crippen LogP contribution < -0.4 is 5.32 Å². The molecule has 0 aromatic rings. The number of allylic oxidation sites excluding steroid dienone is 3. The Morgan fingerprint density at radius 2 is 1.10 bits per heavy atom. The van der Waals surface area contributed by atoms with E-state index in [9.17, 15) is 45.6 Å². The number of hydrogen-bond donors (Lipinski definition) is 9. The first-order valence-corrected chi connectivity index (χ1v) is 22.6. The Kier molecular flexibility index (Phi) is 29.2. The fourth-order valence-corrected chi connectivity index (χ4v) is 7.37. The number of hydrogen-bond acceptors (Lipinski definition) is 13. The summed E-state index contributed by atoms with van der Waals surface area (Å²) in [6.45, 7) is 2.63. The molecule has 14 heteroatoms. The van der Waals surface area contributed by atoms with Crippen LogP contribution in [0.3, 0.4) is 0 Å². The monoisotopic (exact) mass is 832 g/mol. The van der Waals surface area contributed by atoms with Crippen LogP contribution in [0.15, 0.2) is 24.3 Å². The molecule has 0 aromatic heterocycles. The highest BCUT2D eigenvalue weighted by molar-refractivity contribution is 5.76. The lowest BCUT2D eigenvalue weighted by Gasteiger charge is -2.46. The molecular formula is C44H81NO13. The highest BCUT2D eigenvalue weighted by atomic mass is 16.7. The predicted octanol–water partition coefficient (Wildman–Crippen LogP) is 4.21. The summed E-state index contributed by atoms with van der Waals surface area (Å²) in [6.07, 6.45) is 15.5. The molecule has 0 saturated carbocycles. The summed E-state index contributed by atoms with van der Waals surface area (Å²) in [6, 6.07) is -0.922. The Labute approximate surface area is 348 Å². The third-order valence-electron chi connectivity index (χ3n) is 11.1. The number of carbonyl (C=O) groups is 1. The van der Waals surface area contributed by atoms with Crippen molar-refractivity contribution in [2.45, 2.75) is 229 Å². The van der Waals surface area contributed by atoms with Crippen LogP contribution in [0.5, 0.6) is 0 Å². The van der Waals surface area contributed by atoms with Crippen LogP contribution in [0.2, 0.25) is 0 Å². The van der Waals surface area contributed by atoms with Gasteiger partial charge in [-0.15, -0.1) is 0 Å². The zero-order valence-electron chi connectivity index (χ0n) is 35.5. The Hall–Kier alpha value is -1.53. The Bertz CT molecular complexity index is 1080. The molecule has 0 radical (unpaired) electrons. The zero-order valence-corrected chi connectivity index (χ0v) is 35.5. The number of unbranched alkanes of at least 4 members (excludes halogenated alkanes) is 18. The van der Waals surface area contributed by atoms with Gasteiger partial charge in [0.2, 0.25) is 5.91 Å². The minimum atomic E-state index is -1.79. The van der Waals surface area contributed by atoms with Crippen molar-refractivity contribution < 1.29 is 64.6 Å². The number of ether oxygens (including phenoxy) is 4. The van der Waals surface area contributed by atoms with E-state index >= 15 is 0 Å². The first-order chi connectivity index (χ1) is 28.1. The lowest BCUT2D eigenvalue weighted by molar-refractivity contribution is -0.359. The Morgan fingerprint density at radius 3 is 1.66 bits per heavy atom. The largest absolute Gasteiger partial charge is 0.394 e. The van der Waals surface area contributed by atoms with Gasteiger partial charge in [0, 0.05) is 6.42 Å². The molecule has 2 aliphatic rings. The van der Waals surface area contributed by atoms with Crippen molar-refractivity contribution >= 4 is 5.91 Å². The van der Waals surface area contributed by atoms with Crippen LogP contribution in [0.4, 0.5) is 0 Å². The molecule has 2 heterocycles. The van der Waals surface area contributed by atoms with E-state index < -0.39 is 86.8 Å². The molecule has 9 N–H and O–H groups in total. The maximum atomic E-state index is 13.0. The van der Waals surface area contributed by atoms with Crippen molar-refractivity contribution in [3.05, 3.63) is 24.3 Å². The summed E-state index contributed by atoms with van der Waals surface area (Å²) in [4.78, 5) is 13.0. The van der Waals surface area contributed by atoms with E-state index in [4.69, 9.17) is 18.9 Å². The van der Waals surface area contributed by atoms with Gasteiger partial charge < -0.3 is 65.1 Å². The van der Waals surface area contributed by atoms with Gasteiger partial charge in [-0.25, -0.2) is 0 Å². The van der Waals surface area contributed by atoms with E-state index in [0.29, 0.717) is 12.8 Å². The van der Waals surface area contributed by atoms with Crippen molar-refractivity contribution in [2.75, 3.05) is 19.8 Å². The van der Waals surface area contributed by atoms with Crippen molar-refractivity contribution in [3.8, 4) is 0 Å². The quantitative estimate of drug-likeness (QED) is 0.0334. The Balaban J connectivity index is 1.83. The second kappa shape index (κ2) is 32.2. The zero-order chi connectivity index (χ0) is 42.5. The molecule has 0 aliphatic carbocycles. The van der Waals surface area contributed by atoms with E-state index in [0.717, 1.165) is 38.5 Å². The van der Waals surface area contributed by atoms with Gasteiger partial charge in [-0.2, -0.15) is 0 Å². The molecule has 0 bridgehead atoms. The smallest absolute Gasteiger partial charge is 0.220 e. The first kappa shape index (κ1) is 52.6. The van der Waals surface area contributed by atoms with Crippen molar-refractivity contribution in [1.29, 1.82) is 0 Å². The number of nitrogens with one attached hydrogen (secondary N) is 1. The van der Waals surface area contributed by atoms with E-state index in [1.807, 2.05) is 6.08 Å². The third-order valence-corrected chi connectivity index (χ3v) is 11.1. The van der Waals surface area contributed by atoms with E-state index in [1.54, 1.807) is 6.08 Å². The fourth-order valence-electron chi connectivity index (χ4n) is 7.37. The van der Waals surface area contributed by atoms with Crippen LogP contribution in [-0.2, 0) is 23.7 Å². The van der Waals surface area contributed by atoms with Crippen LogP contribution in [0.25, 0.3) is 0 Å². The van der Waals surface area contributed by atoms with Gasteiger partial charge in [-0.1, -0.05) is 147 Å². The van der Waals surface area contributed by atoms with Gasteiger partial charge in [-0.05, 0) is 25.7 Å². The van der Waals surface area contributed by atoms with Crippen molar-refractivity contribution in [3.63, 3.8) is 0 Å². The topological polar surface area (TPSA) is 228 Å². The van der Waals surface area contributed by atoms with Gasteiger partial charge in [0.25, 0.3) is 0 Å². The average Bonchev–Trinajstić information content (AvgIpc) is 3.22. The molecule has 1 amide bonds. The second-order valence-corrected chi connectivity index (χ2v) is 16.2. The van der Waals surface area contributed by atoms with Crippen LogP contribution in [0, 0.1) is 0 Å². The predicted molar refractivity (Wildman–Crippen MR) is 221 cm³/mol. The first-order valence-electron chi connectivity index (χ1n) is 22.6. The van der Waals surface area contributed by atoms with Gasteiger partial charge in [0.15, 0.2) is 12.6 Å². The molecule has 12 atom stereocenters. The highest BCUT2D eigenvalue weighted by Gasteiger charge is 2.50. The summed E-state index contributed by atoms with van der Waals surface area (Å²) < 4.78 is 22.5. The summed E-state index contributed by atoms with van der Waals surface area (Å²) in [5.74, 6) is -0.254. The Morgan fingerprint density at radius 1 is 0.603 bits per heavy atom. The van der Waals surface area contributed by atoms with Crippen LogP contribution in [-0.4, -0.2) is 140 Å². The van der Waals surface area contributed by atoms with Gasteiger partial charge in [0.05, 0.1) is 32.0 Å². The number of rotatable bonds is 33. The summed E-state index contributed by atoms with van der Waals surface area (Å²) in [5.41, 5.74) is 0. The fraction of sp³-hybridized carbons (Fsp3) is 0.886. The molecule has 12 unspecified atom stereocenters. The average molecular weight is 832 g/mol. The number of aliphatic hydroxyl groups is 8. The summed E-state index contributed by atoms with van der Waals surface area (Å²) in [5, 5.41) is 86.1. The molecule has 2 aliphatic heterocycles. The van der Waals surface area contributed by atoms with Gasteiger partial charge in [0.1, 0.15) is 48.8 Å². The lowest BCUT2D eigenvalue weighted by atomic mass is 9.97. The molecule has 0 spiro atoms. The van der Waals surface area contributed by atoms with E-state index in [1.165, 1.54) is 83.5 Å². The molecule has 340 valence electrons.